The Morgan fingerprint density at radius 1 is 1.31 bits per heavy atom. The Balaban J connectivity index is 2.35. The van der Waals surface area contributed by atoms with Crippen LogP contribution in [0.15, 0.2) is 57.8 Å². The number of hydrogen-bond acceptors (Lipinski definition) is 5. The molecule has 0 saturated heterocycles. The van der Waals surface area contributed by atoms with Crippen LogP contribution in [0.25, 0.3) is 16.7 Å². The summed E-state index contributed by atoms with van der Waals surface area (Å²) in [6.07, 6.45) is 11.1. The van der Waals surface area contributed by atoms with E-state index in [0.29, 0.717) is 23.2 Å². The number of amides is 1. The summed E-state index contributed by atoms with van der Waals surface area (Å²) in [7, 11) is 0. The Morgan fingerprint density at radius 2 is 2.12 bits per heavy atom. The Kier molecular flexibility index (Phi) is 7.79. The number of aromatic nitrogens is 3. The molecule has 0 unspecified atom stereocenters. The third-order valence-corrected chi connectivity index (χ3v) is 5.42. The molecule has 1 amide bonds. The number of fused-ring (bicyclic) bond motifs is 2. The summed E-state index contributed by atoms with van der Waals surface area (Å²) in [5.74, 6) is -0.482. The molecule has 0 aliphatic heterocycles. The lowest BCUT2D eigenvalue weighted by atomic mass is 10.2. The first-order chi connectivity index (χ1) is 15.5. The molecular weight excluding hydrogens is 422 g/mol. The van der Waals surface area contributed by atoms with Crippen LogP contribution in [0.2, 0.25) is 0 Å². The molecule has 0 aliphatic carbocycles. The number of carbonyl (C=O) groups is 1. The van der Waals surface area contributed by atoms with Crippen molar-refractivity contribution in [1.29, 1.82) is 5.26 Å². The molecule has 0 aromatic carbocycles. The molecule has 3 heterocycles. The van der Waals surface area contributed by atoms with Crippen LogP contribution in [-0.2, 0) is 11.3 Å². The van der Waals surface area contributed by atoms with Crippen molar-refractivity contribution in [2.75, 3.05) is 6.26 Å². The number of carbonyl (C=O) groups excluding carboxylic acids is 1. The van der Waals surface area contributed by atoms with Gasteiger partial charge in [-0.3, -0.25) is 14.0 Å². The molecule has 7 nitrogen and oxygen atoms in total. The van der Waals surface area contributed by atoms with Gasteiger partial charge in [-0.25, -0.2) is 4.98 Å². The fourth-order valence-corrected chi connectivity index (χ4v) is 3.67. The predicted octanol–water partition coefficient (Wildman–Crippen LogP) is 3.88. The Labute approximate surface area is 190 Å². The third-order valence-electron chi connectivity index (χ3n) is 4.99. The van der Waals surface area contributed by atoms with E-state index in [-0.39, 0.29) is 16.6 Å². The number of pyridine rings is 2. The van der Waals surface area contributed by atoms with Gasteiger partial charge in [-0.15, -0.1) is 11.8 Å². The fourth-order valence-electron chi connectivity index (χ4n) is 3.43. The van der Waals surface area contributed by atoms with Gasteiger partial charge in [-0.1, -0.05) is 38.0 Å². The number of aryl methyl sites for hydroxylation is 2. The maximum Gasteiger partial charge on any atom is 0.271 e. The van der Waals surface area contributed by atoms with Crippen molar-refractivity contribution >= 4 is 34.3 Å². The van der Waals surface area contributed by atoms with Crippen LogP contribution < -0.4 is 11.0 Å². The average molecular weight is 448 g/mol. The van der Waals surface area contributed by atoms with Crippen molar-refractivity contribution in [1.82, 2.24) is 14.0 Å². The van der Waals surface area contributed by atoms with Crippen LogP contribution in [0.5, 0.6) is 0 Å². The molecular formula is C24H25N5O2S. The summed E-state index contributed by atoms with van der Waals surface area (Å²) < 4.78 is 3.22. The van der Waals surface area contributed by atoms with Gasteiger partial charge in [0.1, 0.15) is 17.4 Å². The minimum Gasteiger partial charge on any atom is -0.309 e. The van der Waals surface area contributed by atoms with Gasteiger partial charge in [0.25, 0.3) is 11.5 Å². The van der Waals surface area contributed by atoms with Gasteiger partial charge in [0.2, 0.25) is 0 Å². The van der Waals surface area contributed by atoms with Crippen molar-refractivity contribution in [3.05, 3.63) is 75.0 Å². The molecule has 0 bridgehead atoms. The second-order valence-electron chi connectivity index (χ2n) is 7.26. The van der Waals surface area contributed by atoms with E-state index in [0.717, 1.165) is 24.8 Å². The lowest BCUT2D eigenvalue weighted by Crippen LogP contribution is -2.29. The minimum atomic E-state index is -0.482. The fraction of sp³-hybridized carbons (Fsp3) is 0.292. The maximum absolute atomic E-state index is 13.2. The predicted molar refractivity (Wildman–Crippen MR) is 128 cm³/mol. The number of rotatable bonds is 7. The summed E-state index contributed by atoms with van der Waals surface area (Å²) in [6, 6.07) is 7.27. The topological polar surface area (TPSA) is 92.5 Å². The zero-order valence-electron chi connectivity index (χ0n) is 18.4. The summed E-state index contributed by atoms with van der Waals surface area (Å²) in [5, 5.41) is 12.0. The van der Waals surface area contributed by atoms with E-state index in [4.69, 9.17) is 4.98 Å². The molecule has 32 heavy (non-hydrogen) atoms. The van der Waals surface area contributed by atoms with E-state index in [1.165, 1.54) is 28.3 Å². The maximum atomic E-state index is 13.2. The highest BCUT2D eigenvalue weighted by atomic mass is 32.2. The minimum absolute atomic E-state index is 0.168. The van der Waals surface area contributed by atoms with Gasteiger partial charge >= 0.3 is 0 Å². The molecule has 0 N–H and O–H groups in total. The summed E-state index contributed by atoms with van der Waals surface area (Å²) >= 11 is 1.52. The van der Waals surface area contributed by atoms with Crippen molar-refractivity contribution in [3.8, 4) is 6.07 Å². The Hall–Kier alpha value is -3.44. The number of thioether (sulfide) groups is 1. The third kappa shape index (κ3) is 4.89. The summed E-state index contributed by atoms with van der Waals surface area (Å²) in [5.41, 5.74) is 1.96. The smallest absolute Gasteiger partial charge is 0.271 e. The largest absolute Gasteiger partial charge is 0.309 e. The zero-order chi connectivity index (χ0) is 23.1. The molecule has 0 aliphatic rings. The molecule has 3 rings (SSSR count). The molecule has 164 valence electrons. The first-order valence-electron chi connectivity index (χ1n) is 10.4. The highest BCUT2D eigenvalue weighted by Crippen LogP contribution is 2.13. The molecule has 0 atom stereocenters. The van der Waals surface area contributed by atoms with Crippen LogP contribution in [0.4, 0.5) is 0 Å². The van der Waals surface area contributed by atoms with E-state index in [9.17, 15) is 14.9 Å². The van der Waals surface area contributed by atoms with Crippen molar-refractivity contribution in [3.63, 3.8) is 0 Å². The standard InChI is InChI=1S/C24H25N5O2S/c1-4-5-7-12-28-22(26-20(30)11-6-8-14-32-3)18(16-25)15-19-23(28)27-21-17(2)10-9-13-29(21)24(19)31/h6,8-11,13-15H,4-5,7,12H2,1-3H3. The van der Waals surface area contributed by atoms with E-state index in [1.54, 1.807) is 29.0 Å². The summed E-state index contributed by atoms with van der Waals surface area (Å²) in [4.78, 5) is 34.7. The average Bonchev–Trinajstić information content (AvgIpc) is 2.79. The number of hydrogen-bond donors (Lipinski definition) is 0. The van der Waals surface area contributed by atoms with Gasteiger partial charge < -0.3 is 4.57 Å². The zero-order valence-corrected chi connectivity index (χ0v) is 19.2. The molecule has 0 fully saturated rings. The SMILES string of the molecule is CCCCCn1c(=NC(=O)C=CC=CSC)c(C#N)cc2c(=O)n3cccc(C)c3nc21. The van der Waals surface area contributed by atoms with Gasteiger partial charge in [-0.05, 0) is 42.7 Å². The number of nitriles is 1. The van der Waals surface area contributed by atoms with E-state index in [1.807, 2.05) is 24.7 Å². The van der Waals surface area contributed by atoms with Crippen molar-refractivity contribution in [2.45, 2.75) is 39.7 Å². The second kappa shape index (κ2) is 10.7. The van der Waals surface area contributed by atoms with E-state index in [2.05, 4.69) is 18.0 Å². The van der Waals surface area contributed by atoms with Crippen LogP contribution >= 0.6 is 11.8 Å². The lowest BCUT2D eigenvalue weighted by molar-refractivity contribution is -0.113. The van der Waals surface area contributed by atoms with Crippen molar-refractivity contribution < 1.29 is 4.79 Å². The molecule has 3 aromatic heterocycles. The number of unbranched alkanes of at least 4 members (excludes halogenated alkanes) is 2. The summed E-state index contributed by atoms with van der Waals surface area (Å²) in [6.45, 7) is 4.48. The second-order valence-corrected chi connectivity index (χ2v) is 8.01. The lowest BCUT2D eigenvalue weighted by Gasteiger charge is -2.14. The van der Waals surface area contributed by atoms with E-state index < -0.39 is 5.91 Å². The van der Waals surface area contributed by atoms with Gasteiger partial charge in [0, 0.05) is 18.8 Å². The highest BCUT2D eigenvalue weighted by Gasteiger charge is 2.15. The highest BCUT2D eigenvalue weighted by molar-refractivity contribution is 8.01. The Morgan fingerprint density at radius 3 is 2.84 bits per heavy atom. The van der Waals surface area contributed by atoms with Crippen LogP contribution in [-0.4, -0.2) is 26.1 Å². The van der Waals surface area contributed by atoms with E-state index >= 15 is 0 Å². The van der Waals surface area contributed by atoms with Crippen LogP contribution in [0.1, 0.15) is 37.3 Å². The van der Waals surface area contributed by atoms with Gasteiger partial charge in [0.05, 0.1) is 10.9 Å². The van der Waals surface area contributed by atoms with Crippen LogP contribution in [0, 0.1) is 18.3 Å². The molecule has 0 spiro atoms. The van der Waals surface area contributed by atoms with Gasteiger partial charge in [0.15, 0.2) is 5.49 Å². The monoisotopic (exact) mass is 447 g/mol. The van der Waals surface area contributed by atoms with Crippen molar-refractivity contribution in [2.24, 2.45) is 4.99 Å². The first-order valence-corrected chi connectivity index (χ1v) is 11.7. The number of nitrogens with zero attached hydrogens (tertiary/aromatic N) is 5. The first kappa shape index (κ1) is 23.2. The van der Waals surface area contributed by atoms with Crippen LogP contribution in [0.3, 0.4) is 0 Å². The quantitative estimate of drug-likeness (QED) is 0.237. The Bertz CT molecular complexity index is 1390. The normalized spacial score (nSPS) is 12.4. The molecule has 0 radical (unpaired) electrons. The molecule has 0 saturated carbocycles. The van der Waals surface area contributed by atoms with Gasteiger partial charge in [-0.2, -0.15) is 10.3 Å². The molecule has 3 aromatic rings. The number of allylic oxidation sites excluding steroid dienone is 2. The molecule has 8 heteroatoms.